The molecule has 0 aliphatic heterocycles. The van der Waals surface area contributed by atoms with Crippen molar-refractivity contribution in [2.24, 2.45) is 0 Å². The smallest absolute Gasteiger partial charge is 0.321 e. The molecule has 166 valence electrons. The molecule has 4 N–H and O–H groups in total. The predicted molar refractivity (Wildman–Crippen MR) is 116 cm³/mol. The largest absolute Gasteiger partial charge is 0.480 e. The number of benzene rings is 2. The number of halogens is 1. The van der Waals surface area contributed by atoms with Gasteiger partial charge in [-0.3, -0.25) is 14.4 Å². The molecule has 0 aliphatic carbocycles. The highest BCUT2D eigenvalue weighted by molar-refractivity contribution is 7.89. The fourth-order valence-electron chi connectivity index (χ4n) is 2.57. The average Bonchev–Trinajstić information content (AvgIpc) is 2.72. The SMILES string of the molecule is CCNC(=O)CCC(NS(=O)(=O)c1ccc(NC(=O)c2ccc(Cl)cc2)cc1)C(=O)O. The van der Waals surface area contributed by atoms with Gasteiger partial charge in [0.2, 0.25) is 15.9 Å². The normalized spacial score (nSPS) is 12.1. The number of carbonyl (C=O) groups excluding carboxylic acids is 2. The number of nitrogens with one attached hydrogen (secondary N) is 3. The second-order valence-electron chi connectivity index (χ2n) is 6.49. The van der Waals surface area contributed by atoms with E-state index in [-0.39, 0.29) is 23.6 Å². The Labute approximate surface area is 184 Å². The fourth-order valence-corrected chi connectivity index (χ4v) is 3.92. The maximum atomic E-state index is 12.5. The van der Waals surface area contributed by atoms with E-state index in [1.165, 1.54) is 24.3 Å². The zero-order valence-corrected chi connectivity index (χ0v) is 18.2. The van der Waals surface area contributed by atoms with Crippen molar-refractivity contribution in [3.8, 4) is 0 Å². The Balaban J connectivity index is 2.05. The lowest BCUT2D eigenvalue weighted by Gasteiger charge is -2.15. The van der Waals surface area contributed by atoms with Crippen LogP contribution in [0.5, 0.6) is 0 Å². The van der Waals surface area contributed by atoms with Crippen molar-refractivity contribution >= 4 is 45.1 Å². The quantitative estimate of drug-likeness (QED) is 0.422. The molecular formula is C20H22ClN3O6S. The summed E-state index contributed by atoms with van der Waals surface area (Å²) in [6.45, 7) is 2.11. The minimum Gasteiger partial charge on any atom is -0.480 e. The summed E-state index contributed by atoms with van der Waals surface area (Å²) < 4.78 is 27.1. The number of carboxylic acids is 1. The Bertz CT molecular complexity index is 1040. The van der Waals surface area contributed by atoms with Gasteiger partial charge in [-0.15, -0.1) is 0 Å². The van der Waals surface area contributed by atoms with E-state index in [9.17, 15) is 27.9 Å². The number of anilines is 1. The molecule has 0 aromatic heterocycles. The summed E-state index contributed by atoms with van der Waals surface area (Å²) in [7, 11) is -4.16. The summed E-state index contributed by atoms with van der Waals surface area (Å²) >= 11 is 5.79. The van der Waals surface area contributed by atoms with Crippen molar-refractivity contribution in [1.29, 1.82) is 0 Å². The van der Waals surface area contributed by atoms with Crippen molar-refractivity contribution < 1.29 is 27.9 Å². The first-order valence-electron chi connectivity index (χ1n) is 9.31. The Morgan fingerprint density at radius 2 is 1.65 bits per heavy atom. The highest BCUT2D eigenvalue weighted by Crippen LogP contribution is 2.17. The molecule has 2 rings (SSSR count). The predicted octanol–water partition coefficient (Wildman–Crippen LogP) is 2.24. The summed E-state index contributed by atoms with van der Waals surface area (Å²) in [5.41, 5.74) is 0.726. The zero-order chi connectivity index (χ0) is 23.0. The third-order valence-electron chi connectivity index (χ3n) is 4.16. The molecule has 2 amide bonds. The summed E-state index contributed by atoms with van der Waals surface area (Å²) in [5.74, 6) is -2.16. The second-order valence-corrected chi connectivity index (χ2v) is 8.64. The Morgan fingerprint density at radius 3 is 2.19 bits per heavy atom. The first-order valence-corrected chi connectivity index (χ1v) is 11.2. The molecule has 0 spiro atoms. The van der Waals surface area contributed by atoms with Gasteiger partial charge in [-0.1, -0.05) is 11.6 Å². The molecule has 9 nitrogen and oxygen atoms in total. The first-order chi connectivity index (χ1) is 14.6. The zero-order valence-electron chi connectivity index (χ0n) is 16.6. The number of aliphatic carboxylic acids is 1. The van der Waals surface area contributed by atoms with Crippen LogP contribution in [0, 0.1) is 0 Å². The standard InChI is InChI=1S/C20H22ClN3O6S/c1-2-22-18(25)12-11-17(20(27)28)24-31(29,30)16-9-7-15(8-10-16)23-19(26)13-3-5-14(21)6-4-13/h3-10,17,24H,2,11-12H2,1H3,(H,22,25)(H,23,26)(H,27,28). The molecular weight excluding hydrogens is 446 g/mol. The summed E-state index contributed by atoms with van der Waals surface area (Å²) in [6, 6.07) is 10.0. The maximum Gasteiger partial charge on any atom is 0.321 e. The number of carboxylic acid groups (broad SMARTS) is 1. The minimum absolute atomic E-state index is 0.136. The van der Waals surface area contributed by atoms with Crippen LogP contribution in [-0.4, -0.2) is 43.9 Å². The van der Waals surface area contributed by atoms with Gasteiger partial charge in [-0.25, -0.2) is 8.42 Å². The van der Waals surface area contributed by atoms with Crippen molar-refractivity contribution in [2.75, 3.05) is 11.9 Å². The summed E-state index contributed by atoms with van der Waals surface area (Å²) in [4.78, 5) is 35.0. The molecule has 0 aliphatic rings. The molecule has 0 radical (unpaired) electrons. The van der Waals surface area contributed by atoms with Gasteiger partial charge in [0.1, 0.15) is 6.04 Å². The van der Waals surface area contributed by atoms with Crippen LogP contribution in [-0.2, 0) is 19.6 Å². The minimum atomic E-state index is -4.16. The second kappa shape index (κ2) is 10.9. The average molecular weight is 468 g/mol. The molecule has 0 saturated heterocycles. The highest BCUT2D eigenvalue weighted by Gasteiger charge is 2.26. The van der Waals surface area contributed by atoms with Crippen molar-refractivity contribution in [3.63, 3.8) is 0 Å². The number of hydrogen-bond acceptors (Lipinski definition) is 5. The molecule has 11 heteroatoms. The van der Waals surface area contributed by atoms with Gasteiger partial charge in [-0.2, -0.15) is 4.72 Å². The van der Waals surface area contributed by atoms with Gasteiger partial charge in [0.15, 0.2) is 0 Å². The van der Waals surface area contributed by atoms with E-state index in [2.05, 4.69) is 15.4 Å². The van der Waals surface area contributed by atoms with E-state index in [0.29, 0.717) is 22.8 Å². The lowest BCUT2D eigenvalue weighted by Crippen LogP contribution is -2.41. The van der Waals surface area contributed by atoms with Gasteiger partial charge < -0.3 is 15.7 Å². The number of hydrogen-bond donors (Lipinski definition) is 4. The molecule has 0 saturated carbocycles. The molecule has 31 heavy (non-hydrogen) atoms. The summed E-state index contributed by atoms with van der Waals surface area (Å²) in [5, 5.41) is 14.9. The summed E-state index contributed by atoms with van der Waals surface area (Å²) in [6.07, 6.45) is -0.335. The Hall–Kier alpha value is -2.95. The number of amides is 2. The third kappa shape index (κ3) is 7.35. The lowest BCUT2D eigenvalue weighted by molar-refractivity contribution is -0.139. The monoisotopic (exact) mass is 467 g/mol. The van der Waals surface area contributed by atoms with Crippen molar-refractivity contribution in [2.45, 2.75) is 30.7 Å². The fraction of sp³-hybridized carbons (Fsp3) is 0.250. The van der Waals surface area contributed by atoms with Crippen LogP contribution >= 0.6 is 11.6 Å². The van der Waals surface area contributed by atoms with Crippen LogP contribution in [0.1, 0.15) is 30.1 Å². The topological polar surface area (TPSA) is 142 Å². The van der Waals surface area contributed by atoms with Gasteiger partial charge in [0.25, 0.3) is 5.91 Å². The van der Waals surface area contributed by atoms with E-state index in [0.717, 1.165) is 0 Å². The van der Waals surface area contributed by atoms with E-state index in [4.69, 9.17) is 11.6 Å². The van der Waals surface area contributed by atoms with Crippen LogP contribution in [0.2, 0.25) is 5.02 Å². The Morgan fingerprint density at radius 1 is 1.03 bits per heavy atom. The molecule has 0 bridgehead atoms. The van der Waals surface area contributed by atoms with Crippen LogP contribution < -0.4 is 15.4 Å². The third-order valence-corrected chi connectivity index (χ3v) is 5.90. The molecule has 1 unspecified atom stereocenters. The first kappa shape index (κ1) is 24.3. The van der Waals surface area contributed by atoms with E-state index >= 15 is 0 Å². The molecule has 1 atom stereocenters. The lowest BCUT2D eigenvalue weighted by atomic mass is 10.1. The van der Waals surface area contributed by atoms with Gasteiger partial charge in [-0.05, 0) is 61.9 Å². The van der Waals surface area contributed by atoms with Crippen LogP contribution in [0.15, 0.2) is 53.4 Å². The number of sulfonamides is 1. The van der Waals surface area contributed by atoms with E-state index in [1.807, 2.05) is 0 Å². The van der Waals surface area contributed by atoms with E-state index in [1.54, 1.807) is 31.2 Å². The Kier molecular flexibility index (Phi) is 8.55. The van der Waals surface area contributed by atoms with Crippen molar-refractivity contribution in [1.82, 2.24) is 10.0 Å². The van der Waals surface area contributed by atoms with Gasteiger partial charge in [0.05, 0.1) is 4.90 Å². The number of rotatable bonds is 10. The van der Waals surface area contributed by atoms with Crippen LogP contribution in [0.4, 0.5) is 5.69 Å². The van der Waals surface area contributed by atoms with Gasteiger partial charge >= 0.3 is 5.97 Å². The van der Waals surface area contributed by atoms with Crippen LogP contribution in [0.25, 0.3) is 0 Å². The van der Waals surface area contributed by atoms with Crippen molar-refractivity contribution in [3.05, 3.63) is 59.1 Å². The molecule has 2 aromatic carbocycles. The molecule has 2 aromatic rings. The highest BCUT2D eigenvalue weighted by atomic mass is 35.5. The number of carbonyl (C=O) groups is 3. The van der Waals surface area contributed by atoms with Crippen LogP contribution in [0.3, 0.4) is 0 Å². The van der Waals surface area contributed by atoms with Gasteiger partial charge in [0, 0.05) is 29.2 Å². The molecule has 0 fully saturated rings. The molecule has 0 heterocycles. The van der Waals surface area contributed by atoms with E-state index < -0.39 is 27.9 Å². The maximum absolute atomic E-state index is 12.5.